The van der Waals surface area contributed by atoms with Crippen molar-refractivity contribution in [1.29, 1.82) is 0 Å². The van der Waals surface area contributed by atoms with Gasteiger partial charge in [0.05, 0.1) is 24.0 Å². The Labute approximate surface area is 160 Å². The van der Waals surface area contributed by atoms with Gasteiger partial charge in [0.15, 0.2) is 0 Å². The zero-order valence-corrected chi connectivity index (χ0v) is 16.8. The van der Waals surface area contributed by atoms with Crippen LogP contribution in [-0.2, 0) is 24.3 Å². The molecular formula is C18H27N3O5S. The van der Waals surface area contributed by atoms with Crippen LogP contribution in [-0.4, -0.2) is 58.5 Å². The summed E-state index contributed by atoms with van der Waals surface area (Å²) in [4.78, 5) is 26.2. The monoisotopic (exact) mass is 397 g/mol. The van der Waals surface area contributed by atoms with E-state index < -0.39 is 10.0 Å². The van der Waals surface area contributed by atoms with Crippen LogP contribution in [0.5, 0.6) is 0 Å². The largest absolute Gasteiger partial charge is 0.466 e. The minimum Gasteiger partial charge on any atom is -0.466 e. The summed E-state index contributed by atoms with van der Waals surface area (Å²) in [6.45, 7) is 5.34. The van der Waals surface area contributed by atoms with E-state index >= 15 is 0 Å². The molecule has 150 valence electrons. The number of benzene rings is 1. The average molecular weight is 397 g/mol. The third-order valence-corrected chi connectivity index (χ3v) is 6.16. The Morgan fingerprint density at radius 1 is 1.26 bits per heavy atom. The Kier molecular flexibility index (Phi) is 7.34. The molecule has 9 heteroatoms. The number of nitrogens with one attached hydrogen (secondary N) is 2. The SMILES string of the molecule is CCOC(=O)C1CCN(CC(=O)Nc2ccc(C)c(S(=O)(=O)NC)c2)CC1. The number of hydrogen-bond donors (Lipinski definition) is 2. The molecule has 2 rings (SSSR count). The first kappa shape index (κ1) is 21.3. The molecule has 0 unspecified atom stereocenters. The van der Waals surface area contributed by atoms with Crippen LogP contribution in [0, 0.1) is 12.8 Å². The highest BCUT2D eigenvalue weighted by molar-refractivity contribution is 7.89. The number of hydrogen-bond acceptors (Lipinski definition) is 6. The van der Waals surface area contributed by atoms with Crippen molar-refractivity contribution in [2.45, 2.75) is 31.6 Å². The van der Waals surface area contributed by atoms with Gasteiger partial charge in [0, 0.05) is 5.69 Å². The molecule has 1 aromatic rings. The van der Waals surface area contributed by atoms with E-state index in [2.05, 4.69) is 10.0 Å². The summed E-state index contributed by atoms with van der Waals surface area (Å²) in [6.07, 6.45) is 1.34. The molecule has 0 radical (unpaired) electrons. The summed E-state index contributed by atoms with van der Waals surface area (Å²) in [5.41, 5.74) is 1.03. The van der Waals surface area contributed by atoms with E-state index in [1.165, 1.54) is 13.1 Å². The lowest BCUT2D eigenvalue weighted by molar-refractivity contribution is -0.149. The van der Waals surface area contributed by atoms with Crippen molar-refractivity contribution in [3.8, 4) is 0 Å². The van der Waals surface area contributed by atoms with Gasteiger partial charge in [-0.3, -0.25) is 14.5 Å². The van der Waals surface area contributed by atoms with Crippen molar-refractivity contribution in [2.24, 2.45) is 5.92 Å². The van der Waals surface area contributed by atoms with Gasteiger partial charge in [0.2, 0.25) is 15.9 Å². The normalized spacial score (nSPS) is 16.1. The number of amides is 1. The minimum absolute atomic E-state index is 0.101. The second-order valence-corrected chi connectivity index (χ2v) is 8.39. The summed E-state index contributed by atoms with van der Waals surface area (Å²) < 4.78 is 31.4. The molecule has 27 heavy (non-hydrogen) atoms. The predicted molar refractivity (Wildman–Crippen MR) is 102 cm³/mol. The molecule has 1 aliphatic heterocycles. The maximum Gasteiger partial charge on any atom is 0.309 e. The highest BCUT2D eigenvalue weighted by atomic mass is 32.2. The van der Waals surface area contributed by atoms with E-state index in [-0.39, 0.29) is 29.2 Å². The third-order valence-electron chi connectivity index (χ3n) is 4.60. The van der Waals surface area contributed by atoms with E-state index in [1.54, 1.807) is 26.0 Å². The van der Waals surface area contributed by atoms with E-state index in [0.29, 0.717) is 43.8 Å². The Morgan fingerprint density at radius 3 is 2.52 bits per heavy atom. The second-order valence-electron chi connectivity index (χ2n) is 6.54. The van der Waals surface area contributed by atoms with Crippen molar-refractivity contribution < 1.29 is 22.7 Å². The number of carbonyl (C=O) groups excluding carboxylic acids is 2. The molecule has 1 amide bonds. The van der Waals surface area contributed by atoms with Crippen LogP contribution < -0.4 is 10.0 Å². The van der Waals surface area contributed by atoms with E-state index in [9.17, 15) is 18.0 Å². The van der Waals surface area contributed by atoms with Gasteiger partial charge in [-0.2, -0.15) is 0 Å². The molecule has 8 nitrogen and oxygen atoms in total. The van der Waals surface area contributed by atoms with Gasteiger partial charge < -0.3 is 10.1 Å². The molecule has 0 aliphatic carbocycles. The Morgan fingerprint density at radius 2 is 1.93 bits per heavy atom. The van der Waals surface area contributed by atoms with Crippen LogP contribution in [0.2, 0.25) is 0 Å². The number of likely N-dealkylation sites (tertiary alicyclic amines) is 1. The average Bonchev–Trinajstić information content (AvgIpc) is 2.64. The van der Waals surface area contributed by atoms with Crippen molar-refractivity contribution in [3.63, 3.8) is 0 Å². The van der Waals surface area contributed by atoms with Crippen molar-refractivity contribution in [1.82, 2.24) is 9.62 Å². The maximum absolute atomic E-state index is 12.3. The predicted octanol–water partition coefficient (Wildman–Crippen LogP) is 1.12. The quantitative estimate of drug-likeness (QED) is 0.668. The molecule has 1 aromatic carbocycles. The first-order valence-electron chi connectivity index (χ1n) is 9.00. The molecule has 0 spiro atoms. The lowest BCUT2D eigenvalue weighted by Crippen LogP contribution is -2.41. The lowest BCUT2D eigenvalue weighted by atomic mass is 9.97. The summed E-state index contributed by atoms with van der Waals surface area (Å²) in [6, 6.07) is 4.78. The first-order valence-corrected chi connectivity index (χ1v) is 10.5. The van der Waals surface area contributed by atoms with Gasteiger partial charge >= 0.3 is 5.97 Å². The number of carbonyl (C=O) groups is 2. The first-order chi connectivity index (χ1) is 12.8. The standard InChI is InChI=1S/C18H27N3O5S/c1-4-26-18(23)14-7-9-21(10-8-14)12-17(22)20-15-6-5-13(2)16(11-15)27(24,25)19-3/h5-6,11,14,19H,4,7-10,12H2,1-3H3,(H,20,22). The van der Waals surface area contributed by atoms with Crippen molar-refractivity contribution in [2.75, 3.05) is 38.6 Å². The van der Waals surface area contributed by atoms with E-state index in [0.717, 1.165) is 0 Å². The van der Waals surface area contributed by atoms with Crippen molar-refractivity contribution >= 4 is 27.6 Å². The smallest absolute Gasteiger partial charge is 0.309 e. The Hall–Kier alpha value is -1.97. The molecule has 0 bridgehead atoms. The Bertz CT molecular complexity index is 786. The molecule has 0 aromatic heterocycles. The van der Waals surface area contributed by atoms with E-state index in [1.807, 2.05) is 4.90 Å². The fourth-order valence-corrected chi connectivity index (χ4v) is 4.06. The summed E-state index contributed by atoms with van der Waals surface area (Å²) >= 11 is 0. The van der Waals surface area contributed by atoms with Crippen LogP contribution >= 0.6 is 0 Å². The summed E-state index contributed by atoms with van der Waals surface area (Å²) in [7, 11) is -2.24. The highest BCUT2D eigenvalue weighted by Gasteiger charge is 2.26. The molecule has 2 N–H and O–H groups in total. The van der Waals surface area contributed by atoms with Crippen LogP contribution in [0.1, 0.15) is 25.3 Å². The van der Waals surface area contributed by atoms with Gasteiger partial charge in [-0.1, -0.05) is 6.07 Å². The van der Waals surface area contributed by atoms with Gasteiger partial charge in [-0.25, -0.2) is 13.1 Å². The summed E-state index contributed by atoms with van der Waals surface area (Å²) in [5, 5.41) is 2.74. The zero-order valence-electron chi connectivity index (χ0n) is 15.9. The van der Waals surface area contributed by atoms with Crippen molar-refractivity contribution in [3.05, 3.63) is 23.8 Å². The maximum atomic E-state index is 12.3. The third kappa shape index (κ3) is 5.75. The minimum atomic E-state index is -3.59. The molecule has 1 saturated heterocycles. The second kappa shape index (κ2) is 9.29. The fraction of sp³-hybridized carbons (Fsp3) is 0.556. The highest BCUT2D eigenvalue weighted by Crippen LogP contribution is 2.21. The number of anilines is 1. The fourth-order valence-electron chi connectivity index (χ4n) is 3.07. The zero-order chi connectivity index (χ0) is 20.0. The Balaban J connectivity index is 1.92. The number of piperidine rings is 1. The van der Waals surface area contributed by atoms with Gasteiger partial charge in [-0.05, 0) is 64.5 Å². The number of nitrogens with zero attached hydrogens (tertiary/aromatic N) is 1. The van der Waals surface area contributed by atoms with Gasteiger partial charge in [-0.15, -0.1) is 0 Å². The molecular weight excluding hydrogens is 370 g/mol. The van der Waals surface area contributed by atoms with E-state index in [4.69, 9.17) is 4.74 Å². The number of esters is 1. The van der Waals surface area contributed by atoms with Crippen LogP contribution in [0.3, 0.4) is 0 Å². The molecule has 1 aliphatic rings. The molecule has 0 saturated carbocycles. The molecule has 0 atom stereocenters. The summed E-state index contributed by atoms with van der Waals surface area (Å²) in [5.74, 6) is -0.489. The van der Waals surface area contributed by atoms with Crippen LogP contribution in [0.15, 0.2) is 23.1 Å². The van der Waals surface area contributed by atoms with Gasteiger partial charge in [0.1, 0.15) is 0 Å². The topological polar surface area (TPSA) is 105 Å². The number of aryl methyl sites for hydroxylation is 1. The molecule has 1 fully saturated rings. The number of ether oxygens (including phenoxy) is 1. The van der Waals surface area contributed by atoms with Gasteiger partial charge in [0.25, 0.3) is 0 Å². The van der Waals surface area contributed by atoms with Crippen LogP contribution in [0.25, 0.3) is 0 Å². The number of rotatable bonds is 7. The number of sulfonamides is 1. The molecule has 1 heterocycles. The van der Waals surface area contributed by atoms with Crippen LogP contribution in [0.4, 0.5) is 5.69 Å². The lowest BCUT2D eigenvalue weighted by Gasteiger charge is -2.30.